The van der Waals surface area contributed by atoms with Gasteiger partial charge in [0.1, 0.15) is 11.5 Å². The number of H-pyrrole nitrogens is 1. The fourth-order valence-electron chi connectivity index (χ4n) is 4.15. The SMILES string of the molecule is Cn1c(-c2cc(C(C)(C)C)cc3cc[nH]c23)nc2c(-c3cccc(C(=O)O)n3)cccc21. The quantitative estimate of drug-likeness (QED) is 0.385. The number of aromatic carboxylic acids is 1. The number of hydrogen-bond acceptors (Lipinski definition) is 3. The third-order valence-electron chi connectivity index (χ3n) is 5.92. The van der Waals surface area contributed by atoms with Crippen LogP contribution in [-0.4, -0.2) is 30.6 Å². The molecule has 0 saturated carbocycles. The number of fused-ring (bicyclic) bond motifs is 2. The van der Waals surface area contributed by atoms with Crippen LogP contribution in [0.1, 0.15) is 36.8 Å². The number of aryl methyl sites for hydroxylation is 1. The molecule has 0 atom stereocenters. The Morgan fingerprint density at radius 1 is 1.00 bits per heavy atom. The molecule has 6 heteroatoms. The van der Waals surface area contributed by atoms with Crippen molar-refractivity contribution in [3.8, 4) is 22.6 Å². The van der Waals surface area contributed by atoms with E-state index in [4.69, 9.17) is 4.98 Å². The molecule has 0 aliphatic rings. The molecule has 32 heavy (non-hydrogen) atoms. The van der Waals surface area contributed by atoms with E-state index >= 15 is 0 Å². The van der Waals surface area contributed by atoms with Crippen molar-refractivity contribution in [2.24, 2.45) is 7.05 Å². The highest BCUT2D eigenvalue weighted by Crippen LogP contribution is 2.36. The lowest BCUT2D eigenvalue weighted by Crippen LogP contribution is -2.11. The maximum atomic E-state index is 11.4. The largest absolute Gasteiger partial charge is 0.477 e. The molecule has 3 aromatic heterocycles. The third-order valence-corrected chi connectivity index (χ3v) is 5.92. The van der Waals surface area contributed by atoms with Gasteiger partial charge in [-0.1, -0.05) is 39.0 Å². The van der Waals surface area contributed by atoms with Crippen molar-refractivity contribution in [1.82, 2.24) is 19.5 Å². The van der Waals surface area contributed by atoms with Gasteiger partial charge in [0.25, 0.3) is 0 Å². The molecule has 0 saturated heterocycles. The summed E-state index contributed by atoms with van der Waals surface area (Å²) in [6.45, 7) is 6.62. The van der Waals surface area contributed by atoms with Gasteiger partial charge in [-0.15, -0.1) is 0 Å². The van der Waals surface area contributed by atoms with Crippen LogP contribution in [0.3, 0.4) is 0 Å². The monoisotopic (exact) mass is 424 g/mol. The van der Waals surface area contributed by atoms with Crippen LogP contribution in [0.2, 0.25) is 0 Å². The average Bonchev–Trinajstić information content (AvgIpc) is 3.37. The third kappa shape index (κ3) is 3.15. The van der Waals surface area contributed by atoms with Gasteiger partial charge < -0.3 is 14.7 Å². The van der Waals surface area contributed by atoms with Crippen LogP contribution in [0.5, 0.6) is 0 Å². The van der Waals surface area contributed by atoms with Crippen molar-refractivity contribution < 1.29 is 9.90 Å². The molecule has 0 aliphatic carbocycles. The molecule has 0 aliphatic heterocycles. The van der Waals surface area contributed by atoms with Gasteiger partial charge in [-0.2, -0.15) is 0 Å². The molecule has 0 bridgehead atoms. The minimum Gasteiger partial charge on any atom is -0.477 e. The first-order chi connectivity index (χ1) is 15.2. The summed E-state index contributed by atoms with van der Waals surface area (Å²) in [5.41, 5.74) is 6.48. The van der Waals surface area contributed by atoms with E-state index in [0.29, 0.717) is 5.69 Å². The topological polar surface area (TPSA) is 83.8 Å². The van der Waals surface area contributed by atoms with Gasteiger partial charge in [0, 0.05) is 29.8 Å². The van der Waals surface area contributed by atoms with Crippen molar-refractivity contribution in [3.63, 3.8) is 0 Å². The highest BCUT2D eigenvalue weighted by Gasteiger charge is 2.21. The van der Waals surface area contributed by atoms with E-state index in [2.05, 4.69) is 53.5 Å². The molecule has 0 amide bonds. The number of hydrogen-bond donors (Lipinski definition) is 2. The summed E-state index contributed by atoms with van der Waals surface area (Å²) in [5, 5.41) is 10.5. The predicted octanol–water partition coefficient (Wildman–Crippen LogP) is 5.78. The Bertz CT molecular complexity index is 1500. The second-order valence-corrected chi connectivity index (χ2v) is 9.10. The number of para-hydroxylation sites is 1. The molecule has 0 fully saturated rings. The van der Waals surface area contributed by atoms with Crippen LogP contribution in [0.25, 0.3) is 44.6 Å². The van der Waals surface area contributed by atoms with E-state index in [1.54, 1.807) is 6.07 Å². The smallest absolute Gasteiger partial charge is 0.354 e. The lowest BCUT2D eigenvalue weighted by Gasteiger charge is -2.20. The number of carboxylic acids is 1. The summed E-state index contributed by atoms with van der Waals surface area (Å²) in [6, 6.07) is 17.5. The van der Waals surface area contributed by atoms with Crippen molar-refractivity contribution >= 4 is 27.9 Å². The molecule has 6 nitrogen and oxygen atoms in total. The van der Waals surface area contributed by atoms with E-state index < -0.39 is 5.97 Å². The van der Waals surface area contributed by atoms with E-state index in [9.17, 15) is 9.90 Å². The van der Waals surface area contributed by atoms with E-state index in [1.165, 1.54) is 11.6 Å². The summed E-state index contributed by atoms with van der Waals surface area (Å²) < 4.78 is 2.09. The Balaban J connectivity index is 1.77. The van der Waals surface area contributed by atoms with E-state index in [1.807, 2.05) is 37.5 Å². The lowest BCUT2D eigenvalue weighted by atomic mass is 9.85. The van der Waals surface area contributed by atoms with Crippen LogP contribution < -0.4 is 0 Å². The molecule has 0 unspecified atom stereocenters. The first kappa shape index (κ1) is 20.0. The van der Waals surface area contributed by atoms with Crippen molar-refractivity contribution in [2.75, 3.05) is 0 Å². The fourth-order valence-corrected chi connectivity index (χ4v) is 4.15. The summed E-state index contributed by atoms with van der Waals surface area (Å²) in [5.74, 6) is -0.200. The van der Waals surface area contributed by atoms with Crippen LogP contribution in [0.15, 0.2) is 60.8 Å². The maximum absolute atomic E-state index is 11.4. The molecule has 0 radical (unpaired) electrons. The van der Waals surface area contributed by atoms with E-state index in [0.717, 1.165) is 38.9 Å². The van der Waals surface area contributed by atoms with Gasteiger partial charge >= 0.3 is 5.97 Å². The van der Waals surface area contributed by atoms with Crippen LogP contribution in [0.4, 0.5) is 0 Å². The Morgan fingerprint density at radius 2 is 1.78 bits per heavy atom. The Kier molecular flexibility index (Phi) is 4.41. The molecule has 2 N–H and O–H groups in total. The number of carboxylic acid groups (broad SMARTS) is 1. The molecule has 5 rings (SSSR count). The number of pyridine rings is 1. The zero-order chi connectivity index (χ0) is 22.6. The number of nitrogens with zero attached hydrogens (tertiary/aromatic N) is 3. The van der Waals surface area contributed by atoms with Gasteiger partial charge in [0.15, 0.2) is 0 Å². The van der Waals surface area contributed by atoms with Gasteiger partial charge in [0.2, 0.25) is 0 Å². The van der Waals surface area contributed by atoms with Crippen molar-refractivity contribution in [2.45, 2.75) is 26.2 Å². The number of rotatable bonds is 3. The van der Waals surface area contributed by atoms with Crippen LogP contribution >= 0.6 is 0 Å². The molecule has 2 aromatic carbocycles. The fraction of sp³-hybridized carbons (Fsp3) is 0.192. The number of aromatic nitrogens is 4. The highest BCUT2D eigenvalue weighted by atomic mass is 16.4. The normalized spacial score (nSPS) is 12.0. The van der Waals surface area contributed by atoms with Crippen molar-refractivity contribution in [1.29, 1.82) is 0 Å². The standard InChI is InChI=1S/C26H24N4O2/c1-26(2,3)16-13-15-11-12-27-22(15)18(14-16)24-29-23-17(7-5-10-21(23)30(24)4)19-8-6-9-20(28-19)25(31)32/h5-14,27H,1-4H3,(H,31,32). The Morgan fingerprint density at radius 3 is 2.53 bits per heavy atom. The molecule has 5 aromatic rings. The number of benzene rings is 2. The number of carbonyl (C=O) groups is 1. The minimum absolute atomic E-state index is 0.00283. The minimum atomic E-state index is -1.05. The lowest BCUT2D eigenvalue weighted by molar-refractivity contribution is 0.0690. The van der Waals surface area contributed by atoms with E-state index in [-0.39, 0.29) is 11.1 Å². The van der Waals surface area contributed by atoms with Crippen LogP contribution in [0, 0.1) is 0 Å². The van der Waals surface area contributed by atoms with Gasteiger partial charge in [0.05, 0.1) is 22.2 Å². The predicted molar refractivity (Wildman–Crippen MR) is 127 cm³/mol. The maximum Gasteiger partial charge on any atom is 0.354 e. The Labute approximate surface area is 185 Å². The first-order valence-corrected chi connectivity index (χ1v) is 10.5. The van der Waals surface area contributed by atoms with Crippen LogP contribution in [-0.2, 0) is 12.5 Å². The summed E-state index contributed by atoms with van der Waals surface area (Å²) >= 11 is 0. The number of aromatic amines is 1. The molecular weight excluding hydrogens is 400 g/mol. The van der Waals surface area contributed by atoms with Gasteiger partial charge in [-0.05, 0) is 47.4 Å². The van der Waals surface area contributed by atoms with Gasteiger partial charge in [-0.25, -0.2) is 14.8 Å². The second kappa shape index (κ2) is 7.05. The molecule has 0 spiro atoms. The first-order valence-electron chi connectivity index (χ1n) is 10.5. The highest BCUT2D eigenvalue weighted by molar-refractivity contribution is 5.98. The zero-order valence-electron chi connectivity index (χ0n) is 18.5. The van der Waals surface area contributed by atoms with Gasteiger partial charge in [-0.3, -0.25) is 0 Å². The number of imidazole rings is 1. The second-order valence-electron chi connectivity index (χ2n) is 9.10. The molecule has 160 valence electrons. The number of nitrogens with one attached hydrogen (secondary N) is 1. The zero-order valence-corrected chi connectivity index (χ0v) is 18.5. The summed E-state index contributed by atoms with van der Waals surface area (Å²) in [7, 11) is 2.01. The Hall–Kier alpha value is -3.93. The molecule has 3 heterocycles. The summed E-state index contributed by atoms with van der Waals surface area (Å²) in [4.78, 5) is 24.2. The van der Waals surface area contributed by atoms with Crippen molar-refractivity contribution in [3.05, 3.63) is 72.1 Å². The molecular formula is C26H24N4O2. The average molecular weight is 425 g/mol. The summed E-state index contributed by atoms with van der Waals surface area (Å²) in [6.07, 6.45) is 1.95.